The molecule has 0 aromatic carbocycles. The lowest BCUT2D eigenvalue weighted by atomic mass is 10.0. The first-order valence-electron chi connectivity index (χ1n) is 4.66. The second-order valence-electron chi connectivity index (χ2n) is 3.34. The van der Waals surface area contributed by atoms with Gasteiger partial charge in [0.05, 0.1) is 0 Å². The molecule has 0 radical (unpaired) electrons. The molecule has 0 bridgehead atoms. The molecular formula is C10H15NO2. The third kappa shape index (κ3) is 2.74. The van der Waals surface area contributed by atoms with E-state index < -0.39 is 5.97 Å². The summed E-state index contributed by atoms with van der Waals surface area (Å²) in [4.78, 5) is 12.8. The van der Waals surface area contributed by atoms with Gasteiger partial charge in [-0.2, -0.15) is 0 Å². The van der Waals surface area contributed by atoms with Gasteiger partial charge in [-0.1, -0.05) is 6.42 Å². The number of aliphatic carboxylic acids is 1. The summed E-state index contributed by atoms with van der Waals surface area (Å²) in [5.41, 5.74) is 0. The van der Waals surface area contributed by atoms with Crippen LogP contribution < -0.4 is 0 Å². The minimum atomic E-state index is -0.711. The average Bonchev–Trinajstić information content (AvgIpc) is 2.15. The highest BCUT2D eigenvalue weighted by Gasteiger charge is 2.27. The van der Waals surface area contributed by atoms with Gasteiger partial charge in [-0.15, -0.1) is 12.3 Å². The van der Waals surface area contributed by atoms with E-state index in [4.69, 9.17) is 11.5 Å². The highest BCUT2D eigenvalue weighted by Crippen LogP contribution is 2.16. The fourth-order valence-corrected chi connectivity index (χ4v) is 1.75. The van der Waals surface area contributed by atoms with Crippen LogP contribution >= 0.6 is 0 Å². The van der Waals surface area contributed by atoms with Gasteiger partial charge in [0.2, 0.25) is 0 Å². The van der Waals surface area contributed by atoms with E-state index in [9.17, 15) is 4.79 Å². The van der Waals surface area contributed by atoms with Crippen LogP contribution in [0.2, 0.25) is 0 Å². The van der Waals surface area contributed by atoms with Crippen LogP contribution in [0.4, 0.5) is 0 Å². The van der Waals surface area contributed by atoms with Crippen molar-refractivity contribution in [3.8, 4) is 12.3 Å². The molecule has 1 atom stereocenters. The molecule has 0 aromatic rings. The van der Waals surface area contributed by atoms with E-state index in [0.29, 0.717) is 13.0 Å². The molecule has 1 fully saturated rings. The SMILES string of the molecule is C#CCCN1CCCCC1C(=O)O. The Morgan fingerprint density at radius 2 is 2.38 bits per heavy atom. The lowest BCUT2D eigenvalue weighted by molar-refractivity contribution is -0.144. The van der Waals surface area contributed by atoms with Crippen molar-refractivity contribution in [2.75, 3.05) is 13.1 Å². The first-order valence-corrected chi connectivity index (χ1v) is 4.66. The summed E-state index contributed by atoms with van der Waals surface area (Å²) in [6.45, 7) is 1.59. The quantitative estimate of drug-likeness (QED) is 0.659. The summed E-state index contributed by atoms with van der Waals surface area (Å²) in [5.74, 6) is 1.83. The van der Waals surface area contributed by atoms with Gasteiger partial charge in [0, 0.05) is 13.0 Å². The Bertz CT molecular complexity index is 219. The molecule has 0 aromatic heterocycles. The maximum Gasteiger partial charge on any atom is 0.320 e. The molecular weight excluding hydrogens is 166 g/mol. The maximum absolute atomic E-state index is 10.8. The van der Waals surface area contributed by atoms with Gasteiger partial charge in [-0.25, -0.2) is 0 Å². The van der Waals surface area contributed by atoms with Crippen molar-refractivity contribution in [1.82, 2.24) is 4.90 Å². The zero-order valence-electron chi connectivity index (χ0n) is 7.70. The van der Waals surface area contributed by atoms with Crippen LogP contribution in [0.1, 0.15) is 25.7 Å². The Hall–Kier alpha value is -1.01. The molecule has 3 heteroatoms. The van der Waals surface area contributed by atoms with E-state index in [1.807, 2.05) is 4.90 Å². The Morgan fingerprint density at radius 3 is 3.00 bits per heavy atom. The summed E-state index contributed by atoms with van der Waals surface area (Å²) < 4.78 is 0. The molecule has 3 nitrogen and oxygen atoms in total. The first kappa shape index (κ1) is 10.1. The van der Waals surface area contributed by atoms with Crippen LogP contribution in [0, 0.1) is 12.3 Å². The van der Waals surface area contributed by atoms with E-state index in [1.165, 1.54) is 0 Å². The van der Waals surface area contributed by atoms with Crippen molar-refractivity contribution in [1.29, 1.82) is 0 Å². The number of hydrogen-bond donors (Lipinski definition) is 1. The van der Waals surface area contributed by atoms with Crippen LogP contribution in [0.3, 0.4) is 0 Å². The van der Waals surface area contributed by atoms with Crippen molar-refractivity contribution in [3.05, 3.63) is 0 Å². The second kappa shape index (κ2) is 4.88. The van der Waals surface area contributed by atoms with E-state index in [-0.39, 0.29) is 6.04 Å². The van der Waals surface area contributed by atoms with Gasteiger partial charge in [0.15, 0.2) is 0 Å². The maximum atomic E-state index is 10.8. The number of terminal acetylenes is 1. The van der Waals surface area contributed by atoms with E-state index >= 15 is 0 Å². The fourth-order valence-electron chi connectivity index (χ4n) is 1.75. The van der Waals surface area contributed by atoms with Crippen LogP contribution in [0.5, 0.6) is 0 Å². The van der Waals surface area contributed by atoms with Crippen molar-refractivity contribution in [2.45, 2.75) is 31.7 Å². The first-order chi connectivity index (χ1) is 6.25. The third-order valence-corrected chi connectivity index (χ3v) is 2.44. The van der Waals surface area contributed by atoms with Gasteiger partial charge in [-0.05, 0) is 19.4 Å². The number of nitrogens with zero attached hydrogens (tertiary/aromatic N) is 1. The van der Waals surface area contributed by atoms with Crippen LogP contribution in [0.25, 0.3) is 0 Å². The summed E-state index contributed by atoms with van der Waals surface area (Å²) in [6.07, 6.45) is 8.66. The van der Waals surface area contributed by atoms with Crippen LogP contribution in [-0.4, -0.2) is 35.1 Å². The number of likely N-dealkylation sites (tertiary alicyclic amines) is 1. The molecule has 72 valence electrons. The molecule has 1 rings (SSSR count). The predicted molar refractivity (Wildman–Crippen MR) is 50.3 cm³/mol. The summed E-state index contributed by atoms with van der Waals surface area (Å²) in [7, 11) is 0. The average molecular weight is 181 g/mol. The number of carbonyl (C=O) groups is 1. The monoisotopic (exact) mass is 181 g/mol. The molecule has 0 spiro atoms. The fraction of sp³-hybridized carbons (Fsp3) is 0.700. The number of piperidine rings is 1. The van der Waals surface area contributed by atoms with Gasteiger partial charge in [-0.3, -0.25) is 9.69 Å². The lowest BCUT2D eigenvalue weighted by Gasteiger charge is -2.32. The lowest BCUT2D eigenvalue weighted by Crippen LogP contribution is -2.44. The molecule has 0 aliphatic carbocycles. The molecule has 13 heavy (non-hydrogen) atoms. The molecule has 1 aliphatic rings. The molecule has 1 unspecified atom stereocenters. The highest BCUT2D eigenvalue weighted by atomic mass is 16.4. The highest BCUT2D eigenvalue weighted by molar-refractivity contribution is 5.73. The van der Waals surface area contributed by atoms with E-state index in [2.05, 4.69) is 5.92 Å². The largest absolute Gasteiger partial charge is 0.480 e. The van der Waals surface area contributed by atoms with Crippen molar-refractivity contribution >= 4 is 5.97 Å². The minimum absolute atomic E-state index is 0.304. The van der Waals surface area contributed by atoms with Crippen LogP contribution in [0.15, 0.2) is 0 Å². The van der Waals surface area contributed by atoms with Crippen molar-refractivity contribution in [3.63, 3.8) is 0 Å². The van der Waals surface area contributed by atoms with Gasteiger partial charge >= 0.3 is 5.97 Å². The van der Waals surface area contributed by atoms with Crippen LogP contribution in [-0.2, 0) is 4.79 Å². The zero-order chi connectivity index (χ0) is 9.68. The normalized spacial score (nSPS) is 23.8. The third-order valence-electron chi connectivity index (χ3n) is 2.44. The van der Waals surface area contributed by atoms with E-state index in [1.54, 1.807) is 0 Å². The standard InChI is InChI=1S/C10H15NO2/c1-2-3-7-11-8-5-4-6-9(11)10(12)13/h1,9H,3-8H2,(H,12,13). The molecule has 1 aliphatic heterocycles. The van der Waals surface area contributed by atoms with E-state index in [0.717, 1.165) is 25.8 Å². The minimum Gasteiger partial charge on any atom is -0.480 e. The topological polar surface area (TPSA) is 40.5 Å². The molecule has 1 N–H and O–H groups in total. The van der Waals surface area contributed by atoms with Gasteiger partial charge in [0.1, 0.15) is 6.04 Å². The molecule has 0 amide bonds. The Labute approximate surface area is 78.7 Å². The van der Waals surface area contributed by atoms with Crippen molar-refractivity contribution < 1.29 is 9.90 Å². The number of carboxylic acid groups (broad SMARTS) is 1. The Morgan fingerprint density at radius 1 is 1.62 bits per heavy atom. The Kier molecular flexibility index (Phi) is 3.78. The summed E-state index contributed by atoms with van der Waals surface area (Å²) in [5, 5.41) is 8.91. The summed E-state index contributed by atoms with van der Waals surface area (Å²) in [6, 6.07) is -0.304. The smallest absolute Gasteiger partial charge is 0.320 e. The molecule has 1 saturated heterocycles. The zero-order valence-corrected chi connectivity index (χ0v) is 7.70. The number of hydrogen-bond acceptors (Lipinski definition) is 2. The molecule has 1 heterocycles. The number of carboxylic acids is 1. The second-order valence-corrected chi connectivity index (χ2v) is 3.34. The van der Waals surface area contributed by atoms with Gasteiger partial charge in [0.25, 0.3) is 0 Å². The predicted octanol–water partition coefficient (Wildman–Crippen LogP) is 0.949. The Balaban J connectivity index is 2.47. The molecule has 0 saturated carbocycles. The van der Waals surface area contributed by atoms with Crippen molar-refractivity contribution in [2.24, 2.45) is 0 Å². The van der Waals surface area contributed by atoms with Gasteiger partial charge < -0.3 is 5.11 Å². The summed E-state index contributed by atoms with van der Waals surface area (Å²) >= 11 is 0. The number of rotatable bonds is 3.